The van der Waals surface area contributed by atoms with E-state index in [9.17, 15) is 13.2 Å². The minimum absolute atomic E-state index is 0.0121. The number of rotatable bonds is 4. The normalized spacial score (nSPS) is 12.4. The Balaban J connectivity index is 3.28. The van der Waals surface area contributed by atoms with Gasteiger partial charge in [-0.1, -0.05) is 17.7 Å². The molecule has 0 radical (unpaired) electrons. The molecule has 1 aromatic rings. The van der Waals surface area contributed by atoms with Gasteiger partial charge in [-0.3, -0.25) is 4.79 Å². The fourth-order valence-corrected chi connectivity index (χ4v) is 4.28. The van der Waals surface area contributed by atoms with Crippen molar-refractivity contribution in [1.82, 2.24) is 4.72 Å². The molecule has 8 heteroatoms. The molecule has 0 unspecified atom stereocenters. The average molecular weight is 357 g/mol. The molecule has 18 heavy (non-hydrogen) atoms. The van der Waals surface area contributed by atoms with Crippen LogP contribution < -0.4 is 4.72 Å². The molecular weight excluding hydrogens is 346 g/mol. The number of hydrogen-bond donors (Lipinski definition) is 2. The predicted octanol–water partition coefficient (Wildman–Crippen LogP) is 2.24. The summed E-state index contributed by atoms with van der Waals surface area (Å²) >= 11 is 8.90. The molecule has 0 saturated heterocycles. The summed E-state index contributed by atoms with van der Waals surface area (Å²) in [6.45, 7) is 2.50. The van der Waals surface area contributed by atoms with Gasteiger partial charge >= 0.3 is 5.97 Å². The topological polar surface area (TPSA) is 83.5 Å². The number of carbonyl (C=O) groups is 1. The summed E-state index contributed by atoms with van der Waals surface area (Å²) < 4.78 is 26.6. The molecule has 0 aliphatic heterocycles. The second-order valence-electron chi connectivity index (χ2n) is 4.09. The lowest BCUT2D eigenvalue weighted by molar-refractivity contribution is -0.142. The zero-order chi connectivity index (χ0) is 14.1. The van der Waals surface area contributed by atoms with E-state index >= 15 is 0 Å². The van der Waals surface area contributed by atoms with Gasteiger partial charge in [0, 0.05) is 4.47 Å². The average Bonchev–Trinajstić information content (AvgIpc) is 2.14. The van der Waals surface area contributed by atoms with Crippen LogP contribution in [0.5, 0.6) is 0 Å². The lowest BCUT2D eigenvalue weighted by atomic mass is 10.1. The summed E-state index contributed by atoms with van der Waals surface area (Å²) in [6, 6.07) is 4.50. The Morgan fingerprint density at radius 2 is 2.00 bits per heavy atom. The van der Waals surface area contributed by atoms with E-state index in [-0.39, 0.29) is 14.4 Å². The van der Waals surface area contributed by atoms with E-state index < -0.39 is 21.5 Å². The molecule has 100 valence electrons. The zero-order valence-electron chi connectivity index (χ0n) is 9.57. The Bertz CT molecular complexity index is 565. The Morgan fingerprint density at radius 3 is 2.44 bits per heavy atom. The molecule has 0 amide bonds. The first-order valence-corrected chi connectivity index (χ1v) is 7.45. The molecular formula is C10H11BrClNO4S. The molecule has 0 heterocycles. The van der Waals surface area contributed by atoms with Gasteiger partial charge in [0.15, 0.2) is 0 Å². The van der Waals surface area contributed by atoms with Gasteiger partial charge in [-0.15, -0.1) is 0 Å². The van der Waals surface area contributed by atoms with Gasteiger partial charge in [-0.2, -0.15) is 4.72 Å². The van der Waals surface area contributed by atoms with Crippen molar-refractivity contribution in [3.05, 3.63) is 27.7 Å². The van der Waals surface area contributed by atoms with Crippen LogP contribution in [-0.2, 0) is 14.8 Å². The lowest BCUT2D eigenvalue weighted by Gasteiger charge is -2.21. The van der Waals surface area contributed by atoms with E-state index in [2.05, 4.69) is 20.7 Å². The number of carboxylic acids is 1. The lowest BCUT2D eigenvalue weighted by Crippen LogP contribution is -2.49. The highest BCUT2D eigenvalue weighted by Gasteiger charge is 2.34. The third kappa shape index (κ3) is 3.23. The van der Waals surface area contributed by atoms with Crippen molar-refractivity contribution in [2.24, 2.45) is 0 Å². The summed E-state index contributed by atoms with van der Waals surface area (Å²) in [7, 11) is -4.03. The fraction of sp³-hybridized carbons (Fsp3) is 0.300. The molecule has 0 aliphatic carbocycles. The van der Waals surface area contributed by atoms with Crippen LogP contribution in [0.4, 0.5) is 0 Å². The van der Waals surface area contributed by atoms with E-state index in [1.807, 2.05) is 0 Å². The standard InChI is InChI=1S/C10H11BrClNO4S/c1-10(2,9(14)15)13-18(16,17)8-6(11)4-3-5-7(8)12/h3-5,13H,1-2H3,(H,14,15). The molecule has 5 nitrogen and oxygen atoms in total. The smallest absolute Gasteiger partial charge is 0.324 e. The number of aliphatic carboxylic acids is 1. The second-order valence-corrected chi connectivity index (χ2v) is 6.97. The van der Waals surface area contributed by atoms with Crippen LogP contribution in [0, 0.1) is 0 Å². The van der Waals surface area contributed by atoms with Crippen LogP contribution in [0.1, 0.15) is 13.8 Å². The summed E-state index contributed by atoms with van der Waals surface area (Å²) in [4.78, 5) is 10.7. The molecule has 0 aliphatic rings. The summed E-state index contributed by atoms with van der Waals surface area (Å²) in [5.41, 5.74) is -1.63. The van der Waals surface area contributed by atoms with Crippen molar-refractivity contribution >= 4 is 43.5 Å². The van der Waals surface area contributed by atoms with Gasteiger partial charge in [0.25, 0.3) is 0 Å². The largest absolute Gasteiger partial charge is 0.480 e. The summed E-state index contributed by atoms with van der Waals surface area (Å²) in [6.07, 6.45) is 0. The Hall–Kier alpha value is -0.630. The monoisotopic (exact) mass is 355 g/mol. The Kier molecular flexibility index (Phi) is 4.42. The summed E-state index contributed by atoms with van der Waals surface area (Å²) in [5, 5.41) is 8.93. The zero-order valence-corrected chi connectivity index (χ0v) is 12.7. The number of sulfonamides is 1. The van der Waals surface area contributed by atoms with Crippen LogP contribution in [0.25, 0.3) is 0 Å². The second kappa shape index (κ2) is 5.16. The first kappa shape index (κ1) is 15.4. The van der Waals surface area contributed by atoms with Gasteiger partial charge in [-0.05, 0) is 41.9 Å². The van der Waals surface area contributed by atoms with Crippen LogP contribution in [0.3, 0.4) is 0 Å². The predicted molar refractivity (Wildman–Crippen MR) is 71.2 cm³/mol. The number of nitrogens with one attached hydrogen (secondary N) is 1. The molecule has 1 rings (SSSR count). The fourth-order valence-electron chi connectivity index (χ4n) is 1.17. The van der Waals surface area contributed by atoms with Crippen molar-refractivity contribution in [2.45, 2.75) is 24.3 Å². The minimum Gasteiger partial charge on any atom is -0.480 e. The van der Waals surface area contributed by atoms with Gasteiger partial charge in [0.05, 0.1) is 5.02 Å². The Morgan fingerprint density at radius 1 is 1.44 bits per heavy atom. The molecule has 0 spiro atoms. The maximum Gasteiger partial charge on any atom is 0.324 e. The third-order valence-electron chi connectivity index (χ3n) is 2.11. The number of halogens is 2. The van der Waals surface area contributed by atoms with Crippen molar-refractivity contribution in [3.63, 3.8) is 0 Å². The quantitative estimate of drug-likeness (QED) is 0.866. The van der Waals surface area contributed by atoms with E-state index in [0.717, 1.165) is 0 Å². The molecule has 0 aromatic heterocycles. The highest BCUT2D eigenvalue weighted by molar-refractivity contribution is 9.10. The van der Waals surface area contributed by atoms with Gasteiger partial charge in [0.1, 0.15) is 10.4 Å². The SMILES string of the molecule is CC(C)(NS(=O)(=O)c1c(Cl)cccc1Br)C(=O)O. The van der Waals surface area contributed by atoms with Crippen molar-refractivity contribution < 1.29 is 18.3 Å². The number of hydrogen-bond acceptors (Lipinski definition) is 3. The number of carboxylic acid groups (broad SMARTS) is 1. The maximum absolute atomic E-state index is 12.1. The minimum atomic E-state index is -4.03. The molecule has 0 saturated carbocycles. The van der Waals surface area contributed by atoms with Gasteiger partial charge in [0.2, 0.25) is 10.0 Å². The van der Waals surface area contributed by atoms with Crippen molar-refractivity contribution in [3.8, 4) is 0 Å². The molecule has 1 aromatic carbocycles. The molecule has 0 bridgehead atoms. The highest BCUT2D eigenvalue weighted by Crippen LogP contribution is 2.29. The van der Waals surface area contributed by atoms with Gasteiger partial charge in [-0.25, -0.2) is 8.42 Å². The summed E-state index contributed by atoms with van der Waals surface area (Å²) in [5.74, 6) is -1.28. The van der Waals surface area contributed by atoms with E-state index in [1.165, 1.54) is 26.0 Å². The molecule has 0 fully saturated rings. The van der Waals surface area contributed by atoms with Gasteiger partial charge < -0.3 is 5.11 Å². The molecule has 0 atom stereocenters. The highest BCUT2D eigenvalue weighted by atomic mass is 79.9. The number of benzene rings is 1. The first-order valence-electron chi connectivity index (χ1n) is 4.79. The van der Waals surface area contributed by atoms with E-state index in [0.29, 0.717) is 0 Å². The maximum atomic E-state index is 12.1. The van der Waals surface area contributed by atoms with Crippen LogP contribution >= 0.6 is 27.5 Å². The van der Waals surface area contributed by atoms with Crippen LogP contribution in [-0.4, -0.2) is 25.0 Å². The first-order chi connectivity index (χ1) is 8.08. The van der Waals surface area contributed by atoms with Crippen LogP contribution in [0.2, 0.25) is 5.02 Å². The van der Waals surface area contributed by atoms with E-state index in [1.54, 1.807) is 6.07 Å². The molecule has 2 N–H and O–H groups in total. The van der Waals surface area contributed by atoms with E-state index in [4.69, 9.17) is 16.7 Å². The van der Waals surface area contributed by atoms with Crippen molar-refractivity contribution in [1.29, 1.82) is 0 Å². The van der Waals surface area contributed by atoms with Crippen molar-refractivity contribution in [2.75, 3.05) is 0 Å². The third-order valence-corrected chi connectivity index (χ3v) is 5.22. The van der Waals surface area contributed by atoms with Crippen LogP contribution in [0.15, 0.2) is 27.6 Å². The Labute approximate surface area is 118 Å².